The maximum absolute atomic E-state index is 12.6. The first-order valence-corrected chi connectivity index (χ1v) is 10.6. The Bertz CT molecular complexity index is 1190. The quantitative estimate of drug-likeness (QED) is 0.571. The number of fused-ring (bicyclic) bond motifs is 1. The van der Waals surface area contributed by atoms with Crippen LogP contribution in [0.1, 0.15) is 27.0 Å². The first kappa shape index (κ1) is 21.5. The summed E-state index contributed by atoms with van der Waals surface area (Å²) in [6.45, 7) is 4.35. The second-order valence-electron chi connectivity index (χ2n) is 7.66. The normalized spacial score (nSPS) is 12.3. The number of nitrogens with zero attached hydrogens (tertiary/aromatic N) is 1. The molecule has 0 saturated heterocycles. The van der Waals surface area contributed by atoms with Gasteiger partial charge < -0.3 is 15.0 Å². The highest BCUT2D eigenvalue weighted by Gasteiger charge is 2.27. The number of hydrogen-bond acceptors (Lipinski definition) is 4. The van der Waals surface area contributed by atoms with Crippen LogP contribution in [0.4, 0.5) is 11.4 Å². The van der Waals surface area contributed by atoms with E-state index in [0.717, 1.165) is 27.9 Å². The van der Waals surface area contributed by atoms with E-state index in [0.29, 0.717) is 18.0 Å². The molecule has 0 fully saturated rings. The second kappa shape index (κ2) is 9.20. The molecule has 1 aliphatic rings. The van der Waals surface area contributed by atoms with Crippen molar-refractivity contribution in [1.29, 1.82) is 0 Å². The van der Waals surface area contributed by atoms with Crippen molar-refractivity contribution in [2.75, 3.05) is 16.8 Å². The summed E-state index contributed by atoms with van der Waals surface area (Å²) in [6, 6.07) is 20.7. The molecule has 0 atom stereocenters. The van der Waals surface area contributed by atoms with Crippen molar-refractivity contribution in [3.05, 3.63) is 89.0 Å². The van der Waals surface area contributed by atoms with Gasteiger partial charge in [0, 0.05) is 16.9 Å². The van der Waals surface area contributed by atoms with Crippen molar-refractivity contribution in [2.24, 2.45) is 0 Å². The Morgan fingerprint density at radius 2 is 1.81 bits per heavy atom. The topological polar surface area (TPSA) is 70.7 Å². The molecule has 0 aromatic heterocycles. The van der Waals surface area contributed by atoms with Crippen LogP contribution in [-0.2, 0) is 11.3 Å². The van der Waals surface area contributed by atoms with E-state index in [-0.39, 0.29) is 23.5 Å². The predicted octanol–water partition coefficient (Wildman–Crippen LogP) is 4.36. The first-order valence-electron chi connectivity index (χ1n) is 10.2. The molecule has 7 heteroatoms. The van der Waals surface area contributed by atoms with Gasteiger partial charge in [0.15, 0.2) is 11.7 Å². The molecule has 2 N–H and O–H groups in total. The van der Waals surface area contributed by atoms with Crippen LogP contribution in [0.5, 0.6) is 5.75 Å². The fourth-order valence-electron chi connectivity index (χ4n) is 3.62. The van der Waals surface area contributed by atoms with Crippen LogP contribution >= 0.6 is 12.2 Å². The number of thiocarbonyl (C=S) groups is 1. The zero-order chi connectivity index (χ0) is 22.7. The predicted molar refractivity (Wildman–Crippen MR) is 129 cm³/mol. The molecule has 0 spiro atoms. The monoisotopic (exact) mass is 445 g/mol. The maximum atomic E-state index is 12.6. The lowest BCUT2D eigenvalue weighted by molar-refractivity contribution is -0.121. The smallest absolute Gasteiger partial charge is 0.264 e. The molecule has 3 aromatic carbocycles. The van der Waals surface area contributed by atoms with E-state index < -0.39 is 0 Å². The van der Waals surface area contributed by atoms with Gasteiger partial charge in [0.1, 0.15) is 5.75 Å². The Morgan fingerprint density at radius 3 is 2.53 bits per heavy atom. The molecular weight excluding hydrogens is 422 g/mol. The number of carbonyl (C=O) groups excluding carboxylic acids is 2. The molecule has 3 aromatic rings. The van der Waals surface area contributed by atoms with Crippen LogP contribution in [-0.4, -0.2) is 23.5 Å². The molecule has 162 valence electrons. The highest BCUT2D eigenvalue weighted by atomic mass is 32.1. The summed E-state index contributed by atoms with van der Waals surface area (Å²) in [6.07, 6.45) is 0. The third-order valence-corrected chi connectivity index (χ3v) is 5.40. The number of hydrogen-bond donors (Lipinski definition) is 2. The molecule has 0 radical (unpaired) electrons. The number of benzene rings is 3. The second-order valence-corrected chi connectivity index (χ2v) is 8.06. The van der Waals surface area contributed by atoms with Crippen LogP contribution in [0.3, 0.4) is 0 Å². The fraction of sp³-hybridized carbons (Fsp3) is 0.160. The van der Waals surface area contributed by atoms with E-state index in [9.17, 15) is 9.59 Å². The van der Waals surface area contributed by atoms with Crippen molar-refractivity contribution < 1.29 is 14.3 Å². The molecule has 6 nitrogen and oxygen atoms in total. The summed E-state index contributed by atoms with van der Waals surface area (Å²) in [4.78, 5) is 26.5. The Morgan fingerprint density at radius 1 is 1.06 bits per heavy atom. The molecule has 2 amide bonds. The largest absolute Gasteiger partial charge is 0.483 e. The fourth-order valence-corrected chi connectivity index (χ4v) is 3.85. The summed E-state index contributed by atoms with van der Waals surface area (Å²) in [5.74, 6) is 0.311. The number of amides is 2. The SMILES string of the molecule is Cc1ccc(OCC(=O)NC(=S)Nc2ccc(N3Cc4ccccc4C3=O)cc2)c(C)c1. The average molecular weight is 446 g/mol. The highest BCUT2D eigenvalue weighted by Crippen LogP contribution is 2.28. The minimum atomic E-state index is -0.348. The third-order valence-electron chi connectivity index (χ3n) is 5.20. The summed E-state index contributed by atoms with van der Waals surface area (Å²) in [5, 5.41) is 5.76. The lowest BCUT2D eigenvalue weighted by Crippen LogP contribution is -2.37. The number of carbonyl (C=O) groups is 2. The van der Waals surface area contributed by atoms with Crippen molar-refractivity contribution >= 4 is 40.5 Å². The van der Waals surface area contributed by atoms with Gasteiger partial charge in [0.2, 0.25) is 0 Å². The van der Waals surface area contributed by atoms with Gasteiger partial charge in [-0.05, 0) is 73.6 Å². The van der Waals surface area contributed by atoms with Gasteiger partial charge in [-0.3, -0.25) is 14.9 Å². The van der Waals surface area contributed by atoms with Gasteiger partial charge in [-0.2, -0.15) is 0 Å². The lowest BCUT2D eigenvalue weighted by Gasteiger charge is -2.17. The zero-order valence-corrected chi connectivity index (χ0v) is 18.7. The molecule has 0 unspecified atom stereocenters. The van der Waals surface area contributed by atoms with Crippen LogP contribution in [0, 0.1) is 13.8 Å². The van der Waals surface area contributed by atoms with Gasteiger partial charge >= 0.3 is 0 Å². The third kappa shape index (κ3) is 4.78. The van der Waals surface area contributed by atoms with E-state index in [2.05, 4.69) is 10.6 Å². The van der Waals surface area contributed by atoms with Gasteiger partial charge in [-0.15, -0.1) is 0 Å². The highest BCUT2D eigenvalue weighted by molar-refractivity contribution is 7.80. The van der Waals surface area contributed by atoms with Crippen LogP contribution in [0.15, 0.2) is 66.7 Å². The van der Waals surface area contributed by atoms with Crippen molar-refractivity contribution in [3.63, 3.8) is 0 Å². The molecule has 0 saturated carbocycles. The number of aryl methyl sites for hydroxylation is 2. The van der Waals surface area contributed by atoms with Crippen LogP contribution in [0.25, 0.3) is 0 Å². The zero-order valence-electron chi connectivity index (χ0n) is 17.8. The molecule has 1 heterocycles. The maximum Gasteiger partial charge on any atom is 0.264 e. The number of ether oxygens (including phenoxy) is 1. The molecule has 32 heavy (non-hydrogen) atoms. The van der Waals surface area contributed by atoms with E-state index >= 15 is 0 Å². The minimum absolute atomic E-state index is 0.00657. The standard InChI is InChI=1S/C25H23N3O3S/c1-16-7-12-22(17(2)13-16)31-15-23(29)27-25(32)26-19-8-10-20(11-9-19)28-14-18-5-3-4-6-21(18)24(28)30/h3-13H,14-15H2,1-2H3,(H2,26,27,29,32). The number of nitrogens with one attached hydrogen (secondary N) is 2. The Balaban J connectivity index is 1.29. The first-order chi connectivity index (χ1) is 15.4. The minimum Gasteiger partial charge on any atom is -0.483 e. The van der Waals surface area contributed by atoms with Gasteiger partial charge in [-0.25, -0.2) is 0 Å². The lowest BCUT2D eigenvalue weighted by atomic mass is 10.1. The summed E-state index contributed by atoms with van der Waals surface area (Å²) in [7, 11) is 0. The van der Waals surface area contributed by atoms with Crippen molar-refractivity contribution in [1.82, 2.24) is 5.32 Å². The summed E-state index contributed by atoms with van der Waals surface area (Å²) < 4.78 is 5.58. The van der Waals surface area contributed by atoms with E-state index in [4.69, 9.17) is 17.0 Å². The van der Waals surface area contributed by atoms with Crippen LogP contribution < -0.4 is 20.3 Å². The Hall–Kier alpha value is -3.71. The van der Waals surface area contributed by atoms with Crippen molar-refractivity contribution in [3.8, 4) is 5.75 Å². The number of anilines is 2. The molecule has 0 aliphatic carbocycles. The number of rotatable bonds is 5. The molecule has 1 aliphatic heterocycles. The molecular formula is C25H23N3O3S. The van der Waals surface area contributed by atoms with Crippen molar-refractivity contribution in [2.45, 2.75) is 20.4 Å². The van der Waals surface area contributed by atoms with E-state index in [1.165, 1.54) is 0 Å². The molecule has 4 rings (SSSR count). The van der Waals surface area contributed by atoms with E-state index in [1.54, 1.807) is 4.90 Å². The summed E-state index contributed by atoms with van der Waals surface area (Å²) in [5.41, 5.74) is 5.37. The molecule has 0 bridgehead atoms. The average Bonchev–Trinajstić information content (AvgIpc) is 3.10. The van der Waals surface area contributed by atoms with Gasteiger partial charge in [0.25, 0.3) is 11.8 Å². The summed E-state index contributed by atoms with van der Waals surface area (Å²) >= 11 is 5.23. The Labute approximate surface area is 192 Å². The van der Waals surface area contributed by atoms with Crippen LogP contribution in [0.2, 0.25) is 0 Å². The van der Waals surface area contributed by atoms with Gasteiger partial charge in [0.05, 0.1) is 6.54 Å². The van der Waals surface area contributed by atoms with Gasteiger partial charge in [-0.1, -0.05) is 35.9 Å². The van der Waals surface area contributed by atoms with E-state index in [1.807, 2.05) is 80.6 Å². The Kier molecular flexibility index (Phi) is 6.18.